The van der Waals surface area contributed by atoms with Gasteiger partial charge in [0.05, 0.1) is 23.9 Å². The molecule has 0 saturated heterocycles. The van der Waals surface area contributed by atoms with Crippen LogP contribution >= 0.6 is 0 Å². The minimum Gasteiger partial charge on any atom is -0.465 e. The minimum atomic E-state index is -0.570. The third-order valence-corrected chi connectivity index (χ3v) is 5.06. The number of rotatable bonds is 4. The van der Waals surface area contributed by atoms with Gasteiger partial charge in [-0.15, -0.1) is 0 Å². The lowest BCUT2D eigenvalue weighted by Gasteiger charge is -2.25. The highest BCUT2D eigenvalue weighted by Gasteiger charge is 2.28. The number of halogens is 1. The van der Waals surface area contributed by atoms with Crippen LogP contribution in [0, 0.1) is 5.82 Å². The van der Waals surface area contributed by atoms with E-state index in [9.17, 15) is 18.8 Å². The molecule has 6 nitrogen and oxygen atoms in total. The first kappa shape index (κ1) is 20.3. The Labute approximate surface area is 177 Å². The summed E-state index contributed by atoms with van der Waals surface area (Å²) < 4.78 is 23.4. The van der Waals surface area contributed by atoms with E-state index in [1.807, 2.05) is 0 Å². The van der Waals surface area contributed by atoms with Gasteiger partial charge < -0.3 is 14.8 Å². The normalized spacial score (nSPS) is 14.9. The van der Waals surface area contributed by atoms with E-state index in [1.54, 1.807) is 48.5 Å². The Hall–Kier alpha value is -4.00. The molecular formula is C24H18FNO5. The molecule has 0 fully saturated rings. The van der Waals surface area contributed by atoms with E-state index in [-0.39, 0.29) is 11.4 Å². The molecule has 1 aliphatic heterocycles. The largest absolute Gasteiger partial charge is 0.465 e. The summed E-state index contributed by atoms with van der Waals surface area (Å²) in [5.74, 6) is -1.88. The number of nitrogens with one attached hydrogen (secondary N) is 1. The molecular weight excluding hydrogens is 401 g/mol. The molecule has 7 heteroatoms. The average molecular weight is 419 g/mol. The van der Waals surface area contributed by atoms with Crippen molar-refractivity contribution in [1.82, 2.24) is 0 Å². The Morgan fingerprint density at radius 1 is 1.06 bits per heavy atom. The van der Waals surface area contributed by atoms with Gasteiger partial charge in [-0.3, -0.25) is 4.79 Å². The van der Waals surface area contributed by atoms with Gasteiger partial charge in [0.1, 0.15) is 11.9 Å². The quantitative estimate of drug-likeness (QED) is 0.637. The smallest absolute Gasteiger partial charge is 0.339 e. The zero-order valence-electron chi connectivity index (χ0n) is 16.6. The molecule has 0 bridgehead atoms. The van der Waals surface area contributed by atoms with Gasteiger partial charge in [-0.2, -0.15) is 0 Å². The van der Waals surface area contributed by atoms with Gasteiger partial charge in [-0.25, -0.2) is 14.0 Å². The second-order valence-electron chi connectivity index (χ2n) is 7.01. The van der Waals surface area contributed by atoms with Gasteiger partial charge in [-0.05, 0) is 53.6 Å². The third-order valence-electron chi connectivity index (χ3n) is 5.06. The molecule has 1 N–H and O–H groups in total. The van der Waals surface area contributed by atoms with Crippen LogP contribution in [0.15, 0.2) is 66.7 Å². The molecule has 31 heavy (non-hydrogen) atoms. The molecule has 0 spiro atoms. The Bertz CT molecular complexity index is 1170. The predicted octanol–water partition coefficient (Wildman–Crippen LogP) is 4.32. The Morgan fingerprint density at radius 3 is 2.55 bits per heavy atom. The molecule has 1 amide bonds. The van der Waals surface area contributed by atoms with Crippen LogP contribution in [-0.4, -0.2) is 25.0 Å². The number of methoxy groups -OCH3 is 1. The summed E-state index contributed by atoms with van der Waals surface area (Å²) in [6.45, 7) is 0. The van der Waals surface area contributed by atoms with Gasteiger partial charge in [0.25, 0.3) is 5.91 Å². The number of carbonyl (C=O) groups excluding carboxylic acids is 3. The van der Waals surface area contributed by atoms with Crippen molar-refractivity contribution in [2.24, 2.45) is 0 Å². The molecule has 1 unspecified atom stereocenters. The molecule has 156 valence electrons. The standard InChI is InChI=1S/C24H18FNO5/c1-30-23(28)19-4-2-3-5-20(19)26-22(27)15-8-11-18-16(12-15)13-21(31-24(18)29)14-6-9-17(25)10-7-14/h2-12,21H,13H2,1H3,(H,26,27). The highest BCUT2D eigenvalue weighted by Crippen LogP contribution is 2.31. The Morgan fingerprint density at radius 2 is 1.81 bits per heavy atom. The lowest BCUT2D eigenvalue weighted by atomic mass is 9.93. The van der Waals surface area contributed by atoms with Crippen LogP contribution in [0.25, 0.3) is 0 Å². The Balaban J connectivity index is 1.59. The summed E-state index contributed by atoms with van der Waals surface area (Å²) in [6.07, 6.45) is -0.217. The fourth-order valence-corrected chi connectivity index (χ4v) is 3.47. The number of ether oxygens (including phenoxy) is 2. The first-order valence-electron chi connectivity index (χ1n) is 9.54. The third kappa shape index (κ3) is 4.16. The van der Waals surface area contributed by atoms with E-state index < -0.39 is 23.9 Å². The number of carbonyl (C=O) groups is 3. The number of fused-ring (bicyclic) bond motifs is 1. The van der Waals surface area contributed by atoms with Gasteiger partial charge in [0, 0.05) is 12.0 Å². The van der Waals surface area contributed by atoms with Crippen LogP contribution in [-0.2, 0) is 15.9 Å². The molecule has 1 aliphatic rings. The number of hydrogen-bond acceptors (Lipinski definition) is 5. The number of amides is 1. The minimum absolute atomic E-state index is 0.233. The first-order valence-corrected chi connectivity index (χ1v) is 9.54. The lowest BCUT2D eigenvalue weighted by Crippen LogP contribution is -2.23. The zero-order valence-corrected chi connectivity index (χ0v) is 16.6. The van der Waals surface area contributed by atoms with E-state index in [1.165, 1.54) is 25.3 Å². The summed E-state index contributed by atoms with van der Waals surface area (Å²) in [4.78, 5) is 37.1. The van der Waals surface area contributed by atoms with Crippen molar-refractivity contribution >= 4 is 23.5 Å². The molecule has 3 aromatic rings. The molecule has 4 rings (SSSR count). The van der Waals surface area contributed by atoms with E-state index in [0.717, 1.165) is 0 Å². The second-order valence-corrected chi connectivity index (χ2v) is 7.01. The van der Waals surface area contributed by atoms with Crippen LogP contribution in [0.2, 0.25) is 0 Å². The summed E-state index contributed by atoms with van der Waals surface area (Å²) in [7, 11) is 1.26. The summed E-state index contributed by atoms with van der Waals surface area (Å²) in [5.41, 5.74) is 2.58. The number of esters is 2. The average Bonchev–Trinajstić information content (AvgIpc) is 2.79. The second kappa shape index (κ2) is 8.39. The maximum absolute atomic E-state index is 13.2. The maximum Gasteiger partial charge on any atom is 0.339 e. The summed E-state index contributed by atoms with van der Waals surface area (Å²) in [5, 5.41) is 2.71. The van der Waals surface area contributed by atoms with Crippen LogP contribution in [0.5, 0.6) is 0 Å². The van der Waals surface area contributed by atoms with Crippen molar-refractivity contribution in [3.63, 3.8) is 0 Å². The van der Waals surface area contributed by atoms with Crippen LogP contribution in [0.4, 0.5) is 10.1 Å². The van der Waals surface area contributed by atoms with E-state index in [0.29, 0.717) is 34.4 Å². The van der Waals surface area contributed by atoms with Crippen LogP contribution in [0.3, 0.4) is 0 Å². The van der Waals surface area contributed by atoms with E-state index in [2.05, 4.69) is 5.32 Å². The number of benzene rings is 3. The molecule has 0 radical (unpaired) electrons. The highest BCUT2D eigenvalue weighted by atomic mass is 19.1. The topological polar surface area (TPSA) is 81.7 Å². The SMILES string of the molecule is COC(=O)c1ccccc1NC(=O)c1ccc2c(c1)CC(c1ccc(F)cc1)OC2=O. The zero-order chi connectivity index (χ0) is 22.0. The highest BCUT2D eigenvalue weighted by molar-refractivity contribution is 6.08. The fourth-order valence-electron chi connectivity index (χ4n) is 3.47. The number of cyclic esters (lactones) is 1. The van der Waals surface area contributed by atoms with Crippen molar-refractivity contribution < 1.29 is 28.2 Å². The molecule has 0 aromatic heterocycles. The summed E-state index contributed by atoms with van der Waals surface area (Å²) in [6, 6.07) is 17.0. The van der Waals surface area contributed by atoms with E-state index >= 15 is 0 Å². The van der Waals surface area contributed by atoms with Crippen molar-refractivity contribution in [3.05, 3.63) is 100 Å². The van der Waals surface area contributed by atoms with Crippen molar-refractivity contribution in [2.45, 2.75) is 12.5 Å². The monoisotopic (exact) mass is 419 g/mol. The number of para-hydroxylation sites is 1. The molecule has 0 aliphatic carbocycles. The molecule has 1 atom stereocenters. The molecule has 3 aromatic carbocycles. The van der Waals surface area contributed by atoms with Crippen LogP contribution in [0.1, 0.15) is 48.3 Å². The van der Waals surface area contributed by atoms with Crippen molar-refractivity contribution in [3.8, 4) is 0 Å². The van der Waals surface area contributed by atoms with E-state index in [4.69, 9.17) is 9.47 Å². The predicted molar refractivity (Wildman–Crippen MR) is 110 cm³/mol. The number of anilines is 1. The van der Waals surface area contributed by atoms with Gasteiger partial charge in [0.15, 0.2) is 0 Å². The van der Waals surface area contributed by atoms with Gasteiger partial charge in [0.2, 0.25) is 0 Å². The van der Waals surface area contributed by atoms with Crippen LogP contribution < -0.4 is 5.32 Å². The number of hydrogen-bond donors (Lipinski definition) is 1. The van der Waals surface area contributed by atoms with Gasteiger partial charge in [-0.1, -0.05) is 24.3 Å². The van der Waals surface area contributed by atoms with Crippen molar-refractivity contribution in [2.75, 3.05) is 12.4 Å². The van der Waals surface area contributed by atoms with Crippen molar-refractivity contribution in [1.29, 1.82) is 0 Å². The Kier molecular flexibility index (Phi) is 5.49. The first-order chi connectivity index (χ1) is 15.0. The molecule has 1 heterocycles. The molecule has 0 saturated carbocycles. The lowest BCUT2D eigenvalue weighted by molar-refractivity contribution is 0.0252. The van der Waals surface area contributed by atoms with Gasteiger partial charge >= 0.3 is 11.9 Å². The fraction of sp³-hybridized carbons (Fsp3) is 0.125. The summed E-state index contributed by atoms with van der Waals surface area (Å²) >= 11 is 0. The maximum atomic E-state index is 13.2.